The standard InChI is InChI=1S/C29H36N4O2/c1-5-22-9-8-21(3)33(19-22)28(34)26-18-31-29(32-27(26)24-12-6-20(2)7-13-24)30-17-16-23-10-14-25(35-4)15-11-23/h6-7,10-15,18,21-22H,5,8-9,16-17,19H2,1-4H3,(H,30,31,32). The molecule has 1 fully saturated rings. The van der Waals surface area contributed by atoms with Crippen LogP contribution in [-0.2, 0) is 6.42 Å². The normalized spacial score (nSPS) is 17.8. The second kappa shape index (κ2) is 11.3. The lowest BCUT2D eigenvalue weighted by molar-refractivity contribution is 0.0556. The van der Waals surface area contributed by atoms with Gasteiger partial charge in [-0.25, -0.2) is 9.97 Å². The molecule has 1 aliphatic rings. The number of carbonyl (C=O) groups is 1. The molecule has 35 heavy (non-hydrogen) atoms. The van der Waals surface area contributed by atoms with Crippen LogP contribution in [0.25, 0.3) is 11.3 Å². The molecule has 0 bridgehead atoms. The first-order chi connectivity index (χ1) is 17.0. The third kappa shape index (κ3) is 5.99. The number of nitrogens with one attached hydrogen (secondary N) is 1. The molecular weight excluding hydrogens is 436 g/mol. The largest absolute Gasteiger partial charge is 0.497 e. The van der Waals surface area contributed by atoms with Crippen LogP contribution in [0.4, 0.5) is 5.95 Å². The van der Waals surface area contributed by atoms with E-state index in [1.54, 1.807) is 13.3 Å². The van der Waals surface area contributed by atoms with Gasteiger partial charge >= 0.3 is 0 Å². The quantitative estimate of drug-likeness (QED) is 0.451. The molecule has 6 nitrogen and oxygen atoms in total. The number of methoxy groups -OCH3 is 1. The van der Waals surface area contributed by atoms with Gasteiger partial charge in [-0.15, -0.1) is 0 Å². The molecule has 2 heterocycles. The van der Waals surface area contributed by atoms with Crippen molar-refractivity contribution < 1.29 is 9.53 Å². The molecule has 1 N–H and O–H groups in total. The van der Waals surface area contributed by atoms with Gasteiger partial charge in [0.2, 0.25) is 5.95 Å². The fraction of sp³-hybridized carbons (Fsp3) is 0.414. The Labute approximate surface area is 208 Å². The van der Waals surface area contributed by atoms with Crippen LogP contribution < -0.4 is 10.1 Å². The molecule has 4 rings (SSSR count). The summed E-state index contributed by atoms with van der Waals surface area (Å²) in [6, 6.07) is 16.4. The predicted molar refractivity (Wildman–Crippen MR) is 141 cm³/mol. The third-order valence-electron chi connectivity index (χ3n) is 7.02. The molecule has 1 aromatic heterocycles. The number of amides is 1. The number of benzene rings is 2. The smallest absolute Gasteiger partial charge is 0.257 e. The molecular formula is C29H36N4O2. The van der Waals surface area contributed by atoms with Gasteiger partial charge in [0.05, 0.1) is 18.4 Å². The number of anilines is 1. The Bertz CT molecular complexity index is 1130. The highest BCUT2D eigenvalue weighted by molar-refractivity contribution is 6.00. The first-order valence-corrected chi connectivity index (χ1v) is 12.6. The first kappa shape index (κ1) is 24.7. The summed E-state index contributed by atoms with van der Waals surface area (Å²) in [6.07, 6.45) is 5.84. The minimum Gasteiger partial charge on any atom is -0.497 e. The van der Waals surface area contributed by atoms with Crippen LogP contribution in [0.15, 0.2) is 54.7 Å². The monoisotopic (exact) mass is 472 g/mol. The summed E-state index contributed by atoms with van der Waals surface area (Å²) >= 11 is 0. The van der Waals surface area contributed by atoms with E-state index >= 15 is 0 Å². The Morgan fingerprint density at radius 2 is 1.86 bits per heavy atom. The number of piperidine rings is 1. The van der Waals surface area contributed by atoms with Crippen molar-refractivity contribution in [3.05, 3.63) is 71.4 Å². The minimum absolute atomic E-state index is 0.0241. The number of hydrogen-bond donors (Lipinski definition) is 1. The van der Waals surface area contributed by atoms with Crippen molar-refractivity contribution in [1.29, 1.82) is 0 Å². The fourth-order valence-corrected chi connectivity index (χ4v) is 4.62. The number of rotatable bonds is 8. The summed E-state index contributed by atoms with van der Waals surface area (Å²) in [6.45, 7) is 7.89. The van der Waals surface area contributed by atoms with Crippen molar-refractivity contribution in [2.24, 2.45) is 5.92 Å². The van der Waals surface area contributed by atoms with Gasteiger partial charge in [-0.2, -0.15) is 0 Å². The van der Waals surface area contributed by atoms with Crippen LogP contribution in [0.5, 0.6) is 5.75 Å². The van der Waals surface area contributed by atoms with Crippen molar-refractivity contribution in [3.8, 4) is 17.0 Å². The van der Waals surface area contributed by atoms with Crippen molar-refractivity contribution in [1.82, 2.24) is 14.9 Å². The van der Waals surface area contributed by atoms with Gasteiger partial charge in [0.1, 0.15) is 5.75 Å². The first-order valence-electron chi connectivity index (χ1n) is 12.6. The number of ether oxygens (including phenoxy) is 1. The second-order valence-corrected chi connectivity index (χ2v) is 9.50. The molecule has 1 amide bonds. The molecule has 6 heteroatoms. The summed E-state index contributed by atoms with van der Waals surface area (Å²) in [7, 11) is 1.67. The van der Waals surface area contributed by atoms with Crippen LogP contribution in [-0.4, -0.2) is 47.0 Å². The highest BCUT2D eigenvalue weighted by Crippen LogP contribution is 2.29. The van der Waals surface area contributed by atoms with Crippen molar-refractivity contribution in [2.45, 2.75) is 52.5 Å². The number of hydrogen-bond acceptors (Lipinski definition) is 5. The highest BCUT2D eigenvalue weighted by atomic mass is 16.5. The average molecular weight is 473 g/mol. The molecule has 0 saturated carbocycles. The van der Waals surface area contributed by atoms with Crippen LogP contribution in [0.1, 0.15) is 54.6 Å². The van der Waals surface area contributed by atoms with E-state index in [2.05, 4.69) is 55.3 Å². The Balaban J connectivity index is 1.56. The van der Waals surface area contributed by atoms with Crippen LogP contribution in [0.2, 0.25) is 0 Å². The molecule has 184 valence electrons. The van der Waals surface area contributed by atoms with Gasteiger partial charge in [-0.1, -0.05) is 55.3 Å². The van der Waals surface area contributed by atoms with Crippen LogP contribution >= 0.6 is 0 Å². The van der Waals surface area contributed by atoms with E-state index in [1.165, 1.54) is 17.5 Å². The second-order valence-electron chi connectivity index (χ2n) is 9.50. The van der Waals surface area contributed by atoms with Gasteiger partial charge in [0.25, 0.3) is 5.91 Å². The van der Waals surface area contributed by atoms with Crippen LogP contribution in [0, 0.1) is 12.8 Å². The predicted octanol–water partition coefficient (Wildman–Crippen LogP) is 5.77. The molecule has 3 aromatic rings. The Morgan fingerprint density at radius 1 is 1.11 bits per heavy atom. The molecule has 1 saturated heterocycles. The SMILES string of the molecule is CCC1CCC(C)N(C(=O)c2cnc(NCCc3ccc(OC)cc3)nc2-c2ccc(C)cc2)C1. The lowest BCUT2D eigenvalue weighted by atomic mass is 9.91. The molecule has 0 spiro atoms. The van der Waals surface area contributed by atoms with E-state index in [1.807, 2.05) is 29.2 Å². The summed E-state index contributed by atoms with van der Waals surface area (Å²) in [5, 5.41) is 3.34. The lowest BCUT2D eigenvalue weighted by Gasteiger charge is -2.38. The van der Waals surface area contributed by atoms with Crippen molar-refractivity contribution in [2.75, 3.05) is 25.5 Å². The molecule has 1 aliphatic heterocycles. The Kier molecular flexibility index (Phi) is 8.01. The molecule has 0 aliphatic carbocycles. The van der Waals surface area contributed by atoms with Gasteiger partial charge in [-0.3, -0.25) is 4.79 Å². The number of likely N-dealkylation sites (tertiary alicyclic amines) is 1. The maximum atomic E-state index is 13.7. The Hall–Kier alpha value is -3.41. The van der Waals surface area contributed by atoms with E-state index < -0.39 is 0 Å². The van der Waals surface area contributed by atoms with E-state index in [0.717, 1.165) is 37.1 Å². The van der Waals surface area contributed by atoms with E-state index in [9.17, 15) is 4.79 Å². The topological polar surface area (TPSA) is 67.4 Å². The van der Waals surface area contributed by atoms with E-state index in [4.69, 9.17) is 9.72 Å². The molecule has 2 aromatic carbocycles. The van der Waals surface area contributed by atoms with Gasteiger partial charge in [0, 0.05) is 30.9 Å². The van der Waals surface area contributed by atoms with E-state index in [0.29, 0.717) is 29.7 Å². The van der Waals surface area contributed by atoms with Crippen molar-refractivity contribution in [3.63, 3.8) is 0 Å². The highest BCUT2D eigenvalue weighted by Gasteiger charge is 2.30. The fourth-order valence-electron chi connectivity index (χ4n) is 4.62. The third-order valence-corrected chi connectivity index (χ3v) is 7.02. The lowest BCUT2D eigenvalue weighted by Crippen LogP contribution is -2.45. The maximum Gasteiger partial charge on any atom is 0.257 e. The Morgan fingerprint density at radius 3 is 2.54 bits per heavy atom. The van der Waals surface area contributed by atoms with E-state index in [-0.39, 0.29) is 11.9 Å². The number of carbonyl (C=O) groups excluding carboxylic acids is 1. The van der Waals surface area contributed by atoms with Gasteiger partial charge in [-0.05, 0) is 56.7 Å². The van der Waals surface area contributed by atoms with Crippen molar-refractivity contribution >= 4 is 11.9 Å². The zero-order valence-corrected chi connectivity index (χ0v) is 21.3. The average Bonchev–Trinajstić information content (AvgIpc) is 2.89. The number of aromatic nitrogens is 2. The van der Waals surface area contributed by atoms with Crippen LogP contribution in [0.3, 0.4) is 0 Å². The van der Waals surface area contributed by atoms with Gasteiger partial charge in [0.15, 0.2) is 0 Å². The van der Waals surface area contributed by atoms with Gasteiger partial charge < -0.3 is 15.0 Å². The zero-order chi connectivity index (χ0) is 24.8. The summed E-state index contributed by atoms with van der Waals surface area (Å²) < 4.78 is 5.23. The summed E-state index contributed by atoms with van der Waals surface area (Å²) in [5.74, 6) is 1.96. The number of nitrogens with zero attached hydrogens (tertiary/aromatic N) is 3. The minimum atomic E-state index is 0.0241. The summed E-state index contributed by atoms with van der Waals surface area (Å²) in [4.78, 5) is 25.1. The number of aryl methyl sites for hydroxylation is 1. The molecule has 2 atom stereocenters. The summed E-state index contributed by atoms with van der Waals surface area (Å²) in [5.41, 5.74) is 4.55. The molecule has 0 radical (unpaired) electrons. The zero-order valence-electron chi connectivity index (χ0n) is 21.3. The molecule has 2 unspecified atom stereocenters. The maximum absolute atomic E-state index is 13.7.